The summed E-state index contributed by atoms with van der Waals surface area (Å²) in [7, 11) is 1.55. The molecule has 2 heterocycles. The third-order valence-electron chi connectivity index (χ3n) is 3.19. The molecule has 0 radical (unpaired) electrons. The topological polar surface area (TPSA) is 72.6 Å². The van der Waals surface area contributed by atoms with Crippen molar-refractivity contribution in [1.29, 1.82) is 0 Å². The summed E-state index contributed by atoms with van der Waals surface area (Å²) in [6.07, 6.45) is -0.469. The van der Waals surface area contributed by atoms with Crippen molar-refractivity contribution in [3.05, 3.63) is 64.9 Å². The number of thiophene rings is 1. The van der Waals surface area contributed by atoms with Gasteiger partial charge in [-0.05, 0) is 17.7 Å². The van der Waals surface area contributed by atoms with Gasteiger partial charge in [-0.1, -0.05) is 35.5 Å². The SMILES string of the molecule is COC(c1cc(C(=O)O)no1)c1ccc(-c2ccccc2)s1. The molecule has 1 atom stereocenters. The highest BCUT2D eigenvalue weighted by molar-refractivity contribution is 7.15. The number of carboxylic acids is 1. The van der Waals surface area contributed by atoms with Gasteiger partial charge in [-0.2, -0.15) is 0 Å². The Labute approximate surface area is 130 Å². The molecule has 0 saturated heterocycles. The van der Waals surface area contributed by atoms with Crippen molar-refractivity contribution in [3.63, 3.8) is 0 Å². The number of benzene rings is 1. The molecule has 0 aliphatic carbocycles. The molecule has 0 amide bonds. The van der Waals surface area contributed by atoms with Crippen LogP contribution in [-0.4, -0.2) is 23.3 Å². The highest BCUT2D eigenvalue weighted by Crippen LogP contribution is 2.35. The van der Waals surface area contributed by atoms with Gasteiger partial charge in [-0.15, -0.1) is 11.3 Å². The number of hydrogen-bond donors (Lipinski definition) is 1. The second-order valence-corrected chi connectivity index (χ2v) is 5.72. The lowest BCUT2D eigenvalue weighted by Crippen LogP contribution is -2.00. The van der Waals surface area contributed by atoms with E-state index in [1.807, 2.05) is 42.5 Å². The van der Waals surface area contributed by atoms with Crippen LogP contribution >= 0.6 is 11.3 Å². The number of carboxylic acid groups (broad SMARTS) is 1. The minimum absolute atomic E-state index is 0.128. The van der Waals surface area contributed by atoms with Crippen LogP contribution in [0.5, 0.6) is 0 Å². The molecule has 6 heteroatoms. The van der Waals surface area contributed by atoms with Gasteiger partial charge in [0.05, 0.1) is 0 Å². The van der Waals surface area contributed by atoms with Crippen molar-refractivity contribution in [2.45, 2.75) is 6.10 Å². The number of methoxy groups -OCH3 is 1. The van der Waals surface area contributed by atoms with E-state index in [-0.39, 0.29) is 5.69 Å². The molecule has 1 N–H and O–H groups in total. The average molecular weight is 315 g/mol. The number of aromatic carboxylic acids is 1. The summed E-state index contributed by atoms with van der Waals surface area (Å²) in [6, 6.07) is 15.4. The Kier molecular flexibility index (Phi) is 4.04. The predicted molar refractivity (Wildman–Crippen MR) is 82.1 cm³/mol. The second kappa shape index (κ2) is 6.13. The highest BCUT2D eigenvalue weighted by atomic mass is 32.1. The van der Waals surface area contributed by atoms with E-state index in [1.165, 1.54) is 6.07 Å². The molecular weight excluding hydrogens is 302 g/mol. The smallest absolute Gasteiger partial charge is 0.358 e. The van der Waals surface area contributed by atoms with Crippen molar-refractivity contribution >= 4 is 17.3 Å². The molecule has 0 aliphatic rings. The Hall–Kier alpha value is -2.44. The summed E-state index contributed by atoms with van der Waals surface area (Å²) in [5.74, 6) is -0.748. The number of aromatic nitrogens is 1. The lowest BCUT2D eigenvalue weighted by Gasteiger charge is -2.09. The zero-order valence-corrected chi connectivity index (χ0v) is 12.5. The Bertz CT molecular complexity index is 778. The molecule has 22 heavy (non-hydrogen) atoms. The Morgan fingerprint density at radius 3 is 2.68 bits per heavy atom. The molecule has 0 aliphatic heterocycles. The van der Waals surface area contributed by atoms with Gasteiger partial charge in [-0.25, -0.2) is 4.79 Å². The van der Waals surface area contributed by atoms with E-state index in [0.29, 0.717) is 5.76 Å². The minimum atomic E-state index is -1.12. The van der Waals surface area contributed by atoms with E-state index in [4.69, 9.17) is 14.4 Å². The van der Waals surface area contributed by atoms with Crippen molar-refractivity contribution < 1.29 is 19.2 Å². The van der Waals surface area contributed by atoms with E-state index in [2.05, 4.69) is 5.16 Å². The largest absolute Gasteiger partial charge is 0.476 e. The van der Waals surface area contributed by atoms with Gasteiger partial charge in [0.15, 0.2) is 17.6 Å². The first-order chi connectivity index (χ1) is 10.7. The van der Waals surface area contributed by atoms with Gasteiger partial charge in [-0.3, -0.25) is 0 Å². The molecule has 2 aromatic heterocycles. The summed E-state index contributed by atoms with van der Waals surface area (Å²) in [6.45, 7) is 0. The second-order valence-electron chi connectivity index (χ2n) is 4.60. The highest BCUT2D eigenvalue weighted by Gasteiger charge is 2.22. The molecule has 0 spiro atoms. The fourth-order valence-electron chi connectivity index (χ4n) is 2.14. The molecule has 1 unspecified atom stereocenters. The number of rotatable bonds is 5. The van der Waals surface area contributed by atoms with Gasteiger partial charge in [0.25, 0.3) is 0 Å². The lowest BCUT2D eigenvalue weighted by atomic mass is 10.2. The van der Waals surface area contributed by atoms with E-state index < -0.39 is 12.1 Å². The average Bonchev–Trinajstić information content (AvgIpc) is 3.19. The third kappa shape index (κ3) is 2.79. The van der Waals surface area contributed by atoms with Crippen molar-refractivity contribution in [2.24, 2.45) is 0 Å². The van der Waals surface area contributed by atoms with Gasteiger partial charge in [0.1, 0.15) is 0 Å². The van der Waals surface area contributed by atoms with Crippen LogP contribution in [0.2, 0.25) is 0 Å². The van der Waals surface area contributed by atoms with Crippen molar-refractivity contribution in [1.82, 2.24) is 5.16 Å². The van der Waals surface area contributed by atoms with Crippen LogP contribution in [0, 0.1) is 0 Å². The van der Waals surface area contributed by atoms with Gasteiger partial charge < -0.3 is 14.4 Å². The van der Waals surface area contributed by atoms with E-state index in [1.54, 1.807) is 18.4 Å². The van der Waals surface area contributed by atoms with E-state index >= 15 is 0 Å². The number of ether oxygens (including phenoxy) is 1. The molecular formula is C16H13NO4S. The Morgan fingerprint density at radius 2 is 2.05 bits per heavy atom. The summed E-state index contributed by atoms with van der Waals surface area (Å²) >= 11 is 1.57. The fraction of sp³-hybridized carbons (Fsp3) is 0.125. The van der Waals surface area contributed by atoms with Crippen LogP contribution in [0.4, 0.5) is 0 Å². The van der Waals surface area contributed by atoms with Crippen molar-refractivity contribution in [2.75, 3.05) is 7.11 Å². The molecule has 0 saturated carbocycles. The predicted octanol–water partition coefficient (Wildman–Crippen LogP) is 3.84. The van der Waals surface area contributed by atoms with E-state index in [0.717, 1.165) is 15.3 Å². The maximum absolute atomic E-state index is 10.9. The zero-order chi connectivity index (χ0) is 15.5. The third-order valence-corrected chi connectivity index (χ3v) is 4.36. The van der Waals surface area contributed by atoms with Crippen molar-refractivity contribution in [3.8, 4) is 10.4 Å². The summed E-state index contributed by atoms with van der Waals surface area (Å²) in [5, 5.41) is 12.4. The van der Waals surface area contributed by atoms with Crippen LogP contribution < -0.4 is 0 Å². The van der Waals surface area contributed by atoms with Crippen LogP contribution in [0.15, 0.2) is 53.1 Å². The molecule has 3 aromatic rings. The first kappa shape index (κ1) is 14.5. The normalized spacial score (nSPS) is 12.2. The number of hydrogen-bond acceptors (Lipinski definition) is 5. The molecule has 5 nitrogen and oxygen atoms in total. The maximum Gasteiger partial charge on any atom is 0.358 e. The summed E-state index contributed by atoms with van der Waals surface area (Å²) in [5.41, 5.74) is 0.995. The van der Waals surface area contributed by atoms with Crippen LogP contribution in [0.1, 0.15) is 27.2 Å². The molecule has 112 valence electrons. The van der Waals surface area contributed by atoms with Gasteiger partial charge in [0.2, 0.25) is 0 Å². The minimum Gasteiger partial charge on any atom is -0.476 e. The lowest BCUT2D eigenvalue weighted by molar-refractivity contribution is 0.0684. The summed E-state index contributed by atoms with van der Waals surface area (Å²) < 4.78 is 10.5. The summed E-state index contributed by atoms with van der Waals surface area (Å²) in [4.78, 5) is 12.9. The maximum atomic E-state index is 10.9. The molecule has 3 rings (SSSR count). The zero-order valence-electron chi connectivity index (χ0n) is 11.7. The Morgan fingerprint density at radius 1 is 1.27 bits per heavy atom. The van der Waals surface area contributed by atoms with E-state index in [9.17, 15) is 4.79 Å². The number of carbonyl (C=O) groups is 1. The first-order valence-electron chi connectivity index (χ1n) is 6.57. The van der Waals surface area contributed by atoms with Crippen LogP contribution in [-0.2, 0) is 4.74 Å². The quantitative estimate of drug-likeness (QED) is 0.774. The first-order valence-corrected chi connectivity index (χ1v) is 7.38. The number of nitrogens with zero attached hydrogens (tertiary/aromatic N) is 1. The standard InChI is InChI=1S/C16H13NO4S/c1-20-15(12-9-11(16(18)19)17-21-12)14-8-7-13(22-14)10-5-3-2-4-6-10/h2-9,15H,1H3,(H,18,19). The molecule has 0 fully saturated rings. The monoisotopic (exact) mass is 315 g/mol. The fourth-order valence-corrected chi connectivity index (χ4v) is 3.24. The molecule has 1 aromatic carbocycles. The van der Waals surface area contributed by atoms with Gasteiger partial charge in [0, 0.05) is 22.9 Å². The van der Waals surface area contributed by atoms with Crippen LogP contribution in [0.25, 0.3) is 10.4 Å². The Balaban J connectivity index is 1.91. The van der Waals surface area contributed by atoms with Crippen LogP contribution in [0.3, 0.4) is 0 Å². The van der Waals surface area contributed by atoms with Gasteiger partial charge >= 0.3 is 5.97 Å². The molecule has 0 bridgehead atoms.